The SMILES string of the molecule is O=C=NCCN1C=CCNC1=O. The molecule has 5 heteroatoms. The van der Waals surface area contributed by atoms with E-state index in [4.69, 9.17) is 0 Å². The zero-order chi connectivity index (χ0) is 8.81. The maximum Gasteiger partial charge on any atom is 0.321 e. The summed E-state index contributed by atoms with van der Waals surface area (Å²) in [7, 11) is 0. The average molecular weight is 167 g/mol. The summed E-state index contributed by atoms with van der Waals surface area (Å²) in [6, 6.07) is -0.154. The van der Waals surface area contributed by atoms with Crippen molar-refractivity contribution in [1.29, 1.82) is 0 Å². The molecule has 64 valence electrons. The van der Waals surface area contributed by atoms with Gasteiger partial charge in [-0.1, -0.05) is 0 Å². The first-order chi connectivity index (χ1) is 5.84. The molecule has 1 aliphatic rings. The van der Waals surface area contributed by atoms with Gasteiger partial charge >= 0.3 is 6.03 Å². The Balaban J connectivity index is 2.39. The quantitative estimate of drug-likeness (QED) is 0.469. The van der Waals surface area contributed by atoms with Crippen LogP contribution in [0.4, 0.5) is 4.79 Å². The highest BCUT2D eigenvalue weighted by molar-refractivity contribution is 5.76. The van der Waals surface area contributed by atoms with Crippen LogP contribution in [-0.4, -0.2) is 36.6 Å². The number of nitrogens with zero attached hydrogens (tertiary/aromatic N) is 2. The number of amides is 2. The molecular weight excluding hydrogens is 158 g/mol. The first-order valence-electron chi connectivity index (χ1n) is 3.59. The molecule has 1 aliphatic heterocycles. The Labute approximate surface area is 69.8 Å². The summed E-state index contributed by atoms with van der Waals surface area (Å²) in [5, 5.41) is 2.62. The lowest BCUT2D eigenvalue weighted by atomic mass is 10.4. The van der Waals surface area contributed by atoms with Gasteiger partial charge in [-0.15, -0.1) is 0 Å². The molecule has 0 aromatic heterocycles. The summed E-state index contributed by atoms with van der Waals surface area (Å²) in [6.45, 7) is 1.27. The van der Waals surface area contributed by atoms with Crippen LogP contribution in [0, 0.1) is 0 Å². The zero-order valence-electron chi connectivity index (χ0n) is 6.49. The topological polar surface area (TPSA) is 61.8 Å². The second kappa shape index (κ2) is 4.31. The van der Waals surface area contributed by atoms with E-state index in [2.05, 4.69) is 10.3 Å². The average Bonchev–Trinajstić information content (AvgIpc) is 2.09. The Morgan fingerprint density at radius 3 is 3.25 bits per heavy atom. The van der Waals surface area contributed by atoms with Gasteiger partial charge in [-0.2, -0.15) is 0 Å². The third-order valence-corrected chi connectivity index (χ3v) is 1.43. The van der Waals surface area contributed by atoms with Crippen molar-refractivity contribution in [3.8, 4) is 0 Å². The zero-order valence-corrected chi connectivity index (χ0v) is 6.49. The smallest absolute Gasteiger partial charge is 0.321 e. The van der Waals surface area contributed by atoms with Gasteiger partial charge in [0.05, 0.1) is 6.54 Å². The summed E-state index contributed by atoms with van der Waals surface area (Å²) < 4.78 is 0. The van der Waals surface area contributed by atoms with Gasteiger partial charge < -0.3 is 5.32 Å². The fourth-order valence-corrected chi connectivity index (χ4v) is 0.875. The molecule has 0 atom stereocenters. The fraction of sp³-hybridized carbons (Fsp3) is 0.429. The number of hydrogen-bond donors (Lipinski definition) is 1. The van der Waals surface area contributed by atoms with Crippen molar-refractivity contribution in [2.24, 2.45) is 4.99 Å². The van der Waals surface area contributed by atoms with Crippen molar-refractivity contribution in [3.63, 3.8) is 0 Å². The van der Waals surface area contributed by atoms with Crippen LogP contribution < -0.4 is 5.32 Å². The second-order valence-electron chi connectivity index (χ2n) is 2.24. The number of hydrogen-bond acceptors (Lipinski definition) is 3. The van der Waals surface area contributed by atoms with Crippen molar-refractivity contribution < 1.29 is 9.59 Å². The molecule has 0 aliphatic carbocycles. The molecule has 1 N–H and O–H groups in total. The predicted molar refractivity (Wildman–Crippen MR) is 42.2 cm³/mol. The summed E-state index contributed by atoms with van der Waals surface area (Å²) >= 11 is 0. The molecule has 0 aromatic carbocycles. The molecular formula is C7H9N3O2. The van der Waals surface area contributed by atoms with Gasteiger partial charge in [0.1, 0.15) is 0 Å². The fourth-order valence-electron chi connectivity index (χ4n) is 0.875. The van der Waals surface area contributed by atoms with E-state index in [-0.39, 0.29) is 6.03 Å². The lowest BCUT2D eigenvalue weighted by Gasteiger charge is -2.20. The Morgan fingerprint density at radius 1 is 1.75 bits per heavy atom. The second-order valence-corrected chi connectivity index (χ2v) is 2.24. The Hall–Kier alpha value is -1.61. The van der Waals surface area contributed by atoms with E-state index in [1.54, 1.807) is 6.20 Å². The van der Waals surface area contributed by atoms with Crippen LogP contribution in [-0.2, 0) is 4.79 Å². The molecule has 1 heterocycles. The summed E-state index contributed by atoms with van der Waals surface area (Å²) in [5.74, 6) is 0. The number of carbonyl (C=O) groups excluding carboxylic acids is 2. The molecule has 0 bridgehead atoms. The minimum absolute atomic E-state index is 0.154. The highest BCUT2D eigenvalue weighted by atomic mass is 16.2. The van der Waals surface area contributed by atoms with Gasteiger partial charge in [0.2, 0.25) is 6.08 Å². The summed E-state index contributed by atoms with van der Waals surface area (Å²) in [4.78, 5) is 25.5. The Bertz CT molecular complexity index is 243. The number of carbonyl (C=O) groups is 1. The highest BCUT2D eigenvalue weighted by Crippen LogP contribution is 1.95. The maximum absolute atomic E-state index is 11.0. The minimum Gasteiger partial charge on any atom is -0.334 e. The maximum atomic E-state index is 11.0. The lowest BCUT2D eigenvalue weighted by Crippen LogP contribution is -2.40. The van der Waals surface area contributed by atoms with E-state index in [1.165, 1.54) is 11.0 Å². The van der Waals surface area contributed by atoms with E-state index >= 15 is 0 Å². The van der Waals surface area contributed by atoms with Gasteiger partial charge in [0.25, 0.3) is 0 Å². The van der Waals surface area contributed by atoms with Crippen molar-refractivity contribution >= 4 is 12.1 Å². The van der Waals surface area contributed by atoms with E-state index in [1.807, 2.05) is 6.08 Å². The number of aliphatic imine (C=N–C) groups is 1. The van der Waals surface area contributed by atoms with Gasteiger partial charge in [0, 0.05) is 19.3 Å². The summed E-state index contributed by atoms with van der Waals surface area (Å²) in [5.41, 5.74) is 0. The number of nitrogens with one attached hydrogen (secondary N) is 1. The summed E-state index contributed by atoms with van der Waals surface area (Å²) in [6.07, 6.45) is 4.92. The molecule has 0 spiro atoms. The van der Waals surface area contributed by atoms with E-state index < -0.39 is 0 Å². The molecule has 0 radical (unpaired) electrons. The third-order valence-electron chi connectivity index (χ3n) is 1.43. The first kappa shape index (κ1) is 8.49. The number of isocyanates is 1. The van der Waals surface area contributed by atoms with Crippen LogP contribution in [0.15, 0.2) is 17.3 Å². The number of rotatable bonds is 3. The molecule has 0 unspecified atom stereocenters. The normalized spacial score (nSPS) is 15.3. The molecule has 0 saturated heterocycles. The Morgan fingerprint density at radius 2 is 2.58 bits per heavy atom. The highest BCUT2D eigenvalue weighted by Gasteiger charge is 2.11. The largest absolute Gasteiger partial charge is 0.334 e. The van der Waals surface area contributed by atoms with Crippen LogP contribution in [0.3, 0.4) is 0 Å². The molecule has 0 saturated carbocycles. The predicted octanol–water partition coefficient (Wildman–Crippen LogP) is -0.139. The van der Waals surface area contributed by atoms with Gasteiger partial charge in [-0.25, -0.2) is 14.6 Å². The van der Waals surface area contributed by atoms with E-state index in [9.17, 15) is 9.59 Å². The molecule has 0 aromatic rings. The molecule has 0 fully saturated rings. The molecule has 12 heavy (non-hydrogen) atoms. The van der Waals surface area contributed by atoms with Crippen LogP contribution in [0.1, 0.15) is 0 Å². The minimum atomic E-state index is -0.154. The van der Waals surface area contributed by atoms with Gasteiger partial charge in [-0.3, -0.25) is 4.90 Å². The van der Waals surface area contributed by atoms with Crippen LogP contribution in [0.5, 0.6) is 0 Å². The number of urea groups is 1. The van der Waals surface area contributed by atoms with E-state index in [0.29, 0.717) is 19.6 Å². The lowest BCUT2D eigenvalue weighted by molar-refractivity contribution is 0.215. The van der Waals surface area contributed by atoms with Crippen molar-refractivity contribution in [2.45, 2.75) is 0 Å². The Kier molecular flexibility index (Phi) is 3.04. The van der Waals surface area contributed by atoms with Crippen molar-refractivity contribution in [1.82, 2.24) is 10.2 Å². The third kappa shape index (κ3) is 2.21. The standard InChI is InChI=1S/C7H9N3O2/c11-6-8-3-5-10-4-1-2-9-7(10)12/h1,4H,2-3,5H2,(H,9,12). The molecule has 1 rings (SSSR count). The van der Waals surface area contributed by atoms with E-state index in [0.717, 1.165) is 0 Å². The van der Waals surface area contributed by atoms with Crippen LogP contribution in [0.2, 0.25) is 0 Å². The van der Waals surface area contributed by atoms with Gasteiger partial charge in [0.15, 0.2) is 0 Å². The molecule has 2 amide bonds. The van der Waals surface area contributed by atoms with Crippen LogP contribution >= 0.6 is 0 Å². The first-order valence-corrected chi connectivity index (χ1v) is 3.59. The monoisotopic (exact) mass is 167 g/mol. The van der Waals surface area contributed by atoms with Gasteiger partial charge in [-0.05, 0) is 6.08 Å². The van der Waals surface area contributed by atoms with Crippen LogP contribution in [0.25, 0.3) is 0 Å². The van der Waals surface area contributed by atoms with Crippen molar-refractivity contribution in [3.05, 3.63) is 12.3 Å². The van der Waals surface area contributed by atoms with Crippen molar-refractivity contribution in [2.75, 3.05) is 19.6 Å². The molecule has 5 nitrogen and oxygen atoms in total.